The van der Waals surface area contributed by atoms with Gasteiger partial charge in [-0.15, -0.1) is 0 Å². The number of amides is 1. The zero-order chi connectivity index (χ0) is 14.4. The maximum atomic E-state index is 12.0. The van der Waals surface area contributed by atoms with Crippen molar-refractivity contribution < 1.29 is 19.1 Å². The number of hydrogen-bond acceptors (Lipinski definition) is 4. The van der Waals surface area contributed by atoms with Crippen LogP contribution in [0, 0.1) is 13.8 Å². The Morgan fingerprint density at radius 1 is 1.16 bits per heavy atom. The summed E-state index contributed by atoms with van der Waals surface area (Å²) in [5, 5.41) is 2.51. The van der Waals surface area contributed by atoms with Crippen LogP contribution in [0.15, 0.2) is 12.1 Å². The Hall–Kier alpha value is -1.88. The summed E-state index contributed by atoms with van der Waals surface area (Å²) in [6, 6.07) is 3.43. The molecule has 19 heavy (non-hydrogen) atoms. The van der Waals surface area contributed by atoms with Gasteiger partial charge in [0, 0.05) is 19.2 Å². The number of carbonyl (C=O) groups is 2. The van der Waals surface area contributed by atoms with Gasteiger partial charge in [-0.05, 0) is 37.1 Å². The molecule has 1 N–H and O–H groups in total. The lowest BCUT2D eigenvalue weighted by molar-refractivity contribution is -0.117. The molecule has 0 saturated heterocycles. The minimum absolute atomic E-state index is 0.315. The summed E-state index contributed by atoms with van der Waals surface area (Å²) < 4.78 is 9.98. The SMILES string of the molecule is COCCNC(=O)C(=O)c1cc(C)c(OC)cc1C. The second-order valence-corrected chi connectivity index (χ2v) is 4.21. The first-order valence-electron chi connectivity index (χ1n) is 5.98. The first-order chi connectivity index (χ1) is 9.01. The van der Waals surface area contributed by atoms with Gasteiger partial charge in [-0.3, -0.25) is 9.59 Å². The third-order valence-corrected chi connectivity index (χ3v) is 2.78. The number of ketones is 1. The molecule has 0 unspecified atom stereocenters. The van der Waals surface area contributed by atoms with Gasteiger partial charge < -0.3 is 14.8 Å². The molecule has 0 fully saturated rings. The van der Waals surface area contributed by atoms with Crippen molar-refractivity contribution in [3.05, 3.63) is 28.8 Å². The molecule has 0 radical (unpaired) electrons. The number of ether oxygens (including phenoxy) is 2. The number of carbonyl (C=O) groups excluding carboxylic acids is 2. The maximum absolute atomic E-state index is 12.0. The molecule has 1 rings (SSSR count). The molecule has 0 aliphatic heterocycles. The Balaban J connectivity index is 2.88. The van der Waals surface area contributed by atoms with Crippen molar-refractivity contribution in [2.45, 2.75) is 13.8 Å². The Bertz CT molecular complexity index is 483. The predicted octanol–water partition coefficient (Wildman–Crippen LogP) is 1.26. The van der Waals surface area contributed by atoms with Crippen molar-refractivity contribution in [3.63, 3.8) is 0 Å². The average Bonchev–Trinajstić information content (AvgIpc) is 2.40. The number of rotatable bonds is 6. The Morgan fingerprint density at radius 3 is 2.42 bits per heavy atom. The van der Waals surface area contributed by atoms with Crippen LogP contribution < -0.4 is 10.1 Å². The van der Waals surface area contributed by atoms with Crippen LogP contribution >= 0.6 is 0 Å². The Labute approximate surface area is 112 Å². The second kappa shape index (κ2) is 6.89. The first kappa shape index (κ1) is 15.2. The summed E-state index contributed by atoms with van der Waals surface area (Å²) in [6.07, 6.45) is 0. The van der Waals surface area contributed by atoms with E-state index >= 15 is 0 Å². The highest BCUT2D eigenvalue weighted by molar-refractivity contribution is 6.43. The van der Waals surface area contributed by atoms with Gasteiger partial charge in [0.2, 0.25) is 5.78 Å². The summed E-state index contributed by atoms with van der Waals surface area (Å²) in [7, 11) is 3.10. The highest BCUT2D eigenvalue weighted by Crippen LogP contribution is 2.22. The van der Waals surface area contributed by atoms with E-state index in [9.17, 15) is 9.59 Å². The van der Waals surface area contributed by atoms with E-state index in [4.69, 9.17) is 9.47 Å². The van der Waals surface area contributed by atoms with Crippen LogP contribution in [0.5, 0.6) is 5.75 Å². The zero-order valence-electron chi connectivity index (χ0n) is 11.7. The molecule has 0 saturated carbocycles. The van der Waals surface area contributed by atoms with Gasteiger partial charge in [-0.2, -0.15) is 0 Å². The van der Waals surface area contributed by atoms with Gasteiger partial charge >= 0.3 is 0 Å². The van der Waals surface area contributed by atoms with Crippen LogP contribution in [0.25, 0.3) is 0 Å². The van der Waals surface area contributed by atoms with E-state index in [1.807, 2.05) is 6.92 Å². The minimum Gasteiger partial charge on any atom is -0.496 e. The molecule has 5 nitrogen and oxygen atoms in total. The lowest BCUT2D eigenvalue weighted by Gasteiger charge is -2.10. The standard InChI is InChI=1S/C14H19NO4/c1-9-8-12(19-4)10(2)7-11(9)13(16)14(17)15-5-6-18-3/h7-8H,5-6H2,1-4H3,(H,15,17). The Morgan fingerprint density at radius 2 is 1.84 bits per heavy atom. The van der Waals surface area contributed by atoms with Crippen LogP contribution in [-0.4, -0.2) is 39.1 Å². The summed E-state index contributed by atoms with van der Waals surface area (Å²) >= 11 is 0. The van der Waals surface area contributed by atoms with E-state index < -0.39 is 11.7 Å². The molecule has 0 atom stereocenters. The van der Waals surface area contributed by atoms with E-state index in [0.29, 0.717) is 30.0 Å². The quantitative estimate of drug-likeness (QED) is 0.478. The number of benzene rings is 1. The average molecular weight is 265 g/mol. The summed E-state index contributed by atoms with van der Waals surface area (Å²) in [5.74, 6) is -0.460. The van der Waals surface area contributed by atoms with E-state index in [2.05, 4.69) is 5.32 Å². The minimum atomic E-state index is -0.621. The molecule has 5 heteroatoms. The number of methoxy groups -OCH3 is 2. The molecule has 1 aromatic rings. The van der Waals surface area contributed by atoms with Crippen molar-refractivity contribution in [3.8, 4) is 5.75 Å². The fourth-order valence-corrected chi connectivity index (χ4v) is 1.72. The topological polar surface area (TPSA) is 64.6 Å². The molecule has 0 aromatic heterocycles. The number of nitrogens with one attached hydrogen (secondary N) is 1. The van der Waals surface area contributed by atoms with Gasteiger partial charge in [0.25, 0.3) is 5.91 Å². The van der Waals surface area contributed by atoms with Gasteiger partial charge in [0.05, 0.1) is 13.7 Å². The van der Waals surface area contributed by atoms with E-state index in [1.54, 1.807) is 26.2 Å². The largest absolute Gasteiger partial charge is 0.496 e. The second-order valence-electron chi connectivity index (χ2n) is 4.21. The highest BCUT2D eigenvalue weighted by atomic mass is 16.5. The molecular weight excluding hydrogens is 246 g/mol. The molecule has 0 aliphatic rings. The molecule has 1 amide bonds. The lowest BCUT2D eigenvalue weighted by Crippen LogP contribution is -2.33. The molecule has 0 heterocycles. The van der Waals surface area contributed by atoms with Crippen molar-refractivity contribution in [2.24, 2.45) is 0 Å². The summed E-state index contributed by atoms with van der Waals surface area (Å²) in [5.41, 5.74) is 1.93. The van der Waals surface area contributed by atoms with E-state index in [-0.39, 0.29) is 0 Å². The van der Waals surface area contributed by atoms with Crippen molar-refractivity contribution >= 4 is 11.7 Å². The van der Waals surface area contributed by atoms with Crippen LogP contribution in [0.4, 0.5) is 0 Å². The lowest BCUT2D eigenvalue weighted by atomic mass is 10.0. The molecule has 0 aliphatic carbocycles. The van der Waals surface area contributed by atoms with E-state index in [1.165, 1.54) is 7.11 Å². The summed E-state index contributed by atoms with van der Waals surface area (Å²) in [6.45, 7) is 4.30. The molecule has 1 aromatic carbocycles. The number of Topliss-reactive ketones (excluding diaryl/α,β-unsaturated/α-hetero) is 1. The van der Waals surface area contributed by atoms with Crippen molar-refractivity contribution in [1.29, 1.82) is 0 Å². The zero-order valence-corrected chi connectivity index (χ0v) is 11.7. The Kier molecular flexibility index (Phi) is 5.51. The smallest absolute Gasteiger partial charge is 0.292 e. The molecule has 0 bridgehead atoms. The maximum Gasteiger partial charge on any atom is 0.292 e. The first-order valence-corrected chi connectivity index (χ1v) is 5.98. The van der Waals surface area contributed by atoms with E-state index in [0.717, 1.165) is 5.56 Å². The van der Waals surface area contributed by atoms with Gasteiger partial charge in [-0.25, -0.2) is 0 Å². The summed E-state index contributed by atoms with van der Waals surface area (Å²) in [4.78, 5) is 23.7. The highest BCUT2D eigenvalue weighted by Gasteiger charge is 2.19. The van der Waals surface area contributed by atoms with Crippen LogP contribution in [0.3, 0.4) is 0 Å². The van der Waals surface area contributed by atoms with Crippen LogP contribution in [0.1, 0.15) is 21.5 Å². The third-order valence-electron chi connectivity index (χ3n) is 2.78. The van der Waals surface area contributed by atoms with Gasteiger partial charge in [0.15, 0.2) is 0 Å². The monoisotopic (exact) mass is 265 g/mol. The van der Waals surface area contributed by atoms with Crippen LogP contribution in [0.2, 0.25) is 0 Å². The van der Waals surface area contributed by atoms with Crippen molar-refractivity contribution in [2.75, 3.05) is 27.4 Å². The number of aryl methyl sites for hydroxylation is 2. The fourth-order valence-electron chi connectivity index (χ4n) is 1.72. The third kappa shape index (κ3) is 3.79. The number of hydrogen-bond donors (Lipinski definition) is 1. The van der Waals surface area contributed by atoms with Crippen molar-refractivity contribution in [1.82, 2.24) is 5.32 Å². The van der Waals surface area contributed by atoms with Gasteiger partial charge in [-0.1, -0.05) is 0 Å². The molecular formula is C14H19NO4. The fraction of sp³-hybridized carbons (Fsp3) is 0.429. The predicted molar refractivity (Wildman–Crippen MR) is 71.7 cm³/mol. The molecule has 0 spiro atoms. The molecule has 104 valence electrons. The van der Waals surface area contributed by atoms with Crippen LogP contribution in [-0.2, 0) is 9.53 Å². The normalized spacial score (nSPS) is 10.1. The van der Waals surface area contributed by atoms with Gasteiger partial charge in [0.1, 0.15) is 5.75 Å².